The molecule has 0 radical (unpaired) electrons. The van der Waals surface area contributed by atoms with Gasteiger partial charge in [-0.3, -0.25) is 19.6 Å². The Morgan fingerprint density at radius 1 is 0.674 bits per heavy atom. The van der Waals surface area contributed by atoms with Gasteiger partial charge >= 0.3 is 11.9 Å². The maximum absolute atomic E-state index is 11.4. The number of methoxy groups -OCH3 is 3. The Bertz CT molecular complexity index is 1590. The molecule has 0 unspecified atom stereocenters. The average molecular weight is 589 g/mol. The van der Waals surface area contributed by atoms with Crippen LogP contribution in [0, 0.1) is 0 Å². The van der Waals surface area contributed by atoms with Crippen molar-refractivity contribution in [3.05, 3.63) is 107 Å². The normalized spacial score (nSPS) is 9.93. The van der Waals surface area contributed by atoms with Gasteiger partial charge in [0.25, 0.3) is 0 Å². The second-order valence-electron chi connectivity index (χ2n) is 8.56. The number of hydrogen-bond acceptors (Lipinski definition) is 11. The van der Waals surface area contributed by atoms with Gasteiger partial charge in [0.15, 0.2) is 12.6 Å². The molecule has 0 fully saturated rings. The first-order valence-corrected chi connectivity index (χ1v) is 12.5. The molecule has 0 aliphatic heterocycles. The molecule has 12 nitrogen and oxygen atoms in total. The minimum absolute atomic E-state index is 0.0397. The van der Waals surface area contributed by atoms with Crippen molar-refractivity contribution < 1.29 is 48.0 Å². The van der Waals surface area contributed by atoms with Crippen LogP contribution >= 0.6 is 0 Å². The van der Waals surface area contributed by atoms with Gasteiger partial charge in [-0.2, -0.15) is 0 Å². The molecule has 0 saturated heterocycles. The first kappa shape index (κ1) is 31.7. The largest absolute Gasteiger partial charge is 0.497 e. The summed E-state index contributed by atoms with van der Waals surface area (Å²) in [5.74, 6) is 0.343. The topological polar surface area (TPSA) is 160 Å². The molecule has 0 saturated carbocycles. The van der Waals surface area contributed by atoms with Crippen LogP contribution in [-0.2, 0) is 18.0 Å². The van der Waals surface area contributed by atoms with Crippen molar-refractivity contribution in [3.63, 3.8) is 0 Å². The Kier molecular flexibility index (Phi) is 11.7. The zero-order valence-electron chi connectivity index (χ0n) is 23.5. The number of benzene rings is 2. The lowest BCUT2D eigenvalue weighted by Gasteiger charge is -2.10. The molecule has 1 N–H and O–H groups in total. The standard InChI is InChI=1S/C16H15NO5.C15H13NO5/c1-20-14-4-3-11(13(6-14)9-18)10-22-15-5-12(7-17-8-15)16(19)21-2;1-20-13-3-2-10(12(5-13)8-17)9-21-14-4-11(15(18)19)6-16-7-14/h3-9H,10H2,1-2H3;2-8H,9H2,1H3,(H,18,19). The van der Waals surface area contributed by atoms with Gasteiger partial charge < -0.3 is 28.8 Å². The molecule has 2 heterocycles. The average Bonchev–Trinajstić information content (AvgIpc) is 3.06. The van der Waals surface area contributed by atoms with Crippen LogP contribution in [0.2, 0.25) is 0 Å². The van der Waals surface area contributed by atoms with E-state index in [1.54, 1.807) is 36.4 Å². The number of carboxylic acid groups (broad SMARTS) is 1. The Labute approximate surface area is 246 Å². The van der Waals surface area contributed by atoms with Crippen molar-refractivity contribution in [1.29, 1.82) is 0 Å². The number of aromatic carboxylic acids is 1. The number of nitrogens with zero attached hydrogens (tertiary/aromatic N) is 2. The van der Waals surface area contributed by atoms with E-state index < -0.39 is 11.9 Å². The Hall–Kier alpha value is -5.78. The molecule has 12 heteroatoms. The molecule has 0 spiro atoms. The van der Waals surface area contributed by atoms with Gasteiger partial charge in [-0.25, -0.2) is 9.59 Å². The van der Waals surface area contributed by atoms with Crippen LogP contribution in [0.1, 0.15) is 52.6 Å². The Morgan fingerprint density at radius 2 is 1.14 bits per heavy atom. The van der Waals surface area contributed by atoms with Gasteiger partial charge in [0.1, 0.15) is 36.2 Å². The van der Waals surface area contributed by atoms with E-state index in [-0.39, 0.29) is 18.8 Å². The van der Waals surface area contributed by atoms with Gasteiger partial charge in [0, 0.05) is 34.6 Å². The lowest BCUT2D eigenvalue weighted by molar-refractivity contribution is 0.0598. The smallest absolute Gasteiger partial charge is 0.339 e. The summed E-state index contributed by atoms with van der Waals surface area (Å²) in [4.78, 5) is 52.1. The predicted molar refractivity (Wildman–Crippen MR) is 152 cm³/mol. The molecule has 222 valence electrons. The third kappa shape index (κ3) is 9.11. The van der Waals surface area contributed by atoms with Crippen LogP contribution < -0.4 is 18.9 Å². The van der Waals surface area contributed by atoms with E-state index in [1.165, 1.54) is 58.2 Å². The molecule has 43 heavy (non-hydrogen) atoms. The highest BCUT2D eigenvalue weighted by Gasteiger charge is 2.10. The maximum Gasteiger partial charge on any atom is 0.339 e. The summed E-state index contributed by atoms with van der Waals surface area (Å²) >= 11 is 0. The first-order chi connectivity index (χ1) is 20.8. The number of carbonyl (C=O) groups excluding carboxylic acids is 3. The van der Waals surface area contributed by atoms with Crippen molar-refractivity contribution in [2.75, 3.05) is 21.3 Å². The van der Waals surface area contributed by atoms with E-state index >= 15 is 0 Å². The Balaban J connectivity index is 0.000000236. The van der Waals surface area contributed by atoms with Gasteiger partial charge in [0.05, 0.1) is 44.8 Å². The fraction of sp³-hybridized carbons (Fsp3) is 0.161. The van der Waals surface area contributed by atoms with E-state index in [9.17, 15) is 19.2 Å². The first-order valence-electron chi connectivity index (χ1n) is 12.5. The maximum atomic E-state index is 11.4. The van der Waals surface area contributed by atoms with Crippen molar-refractivity contribution in [1.82, 2.24) is 9.97 Å². The predicted octanol–water partition coefficient (Wildman–Crippen LogP) is 4.45. The molecule has 2 aromatic heterocycles. The van der Waals surface area contributed by atoms with E-state index in [2.05, 4.69) is 14.7 Å². The highest BCUT2D eigenvalue weighted by molar-refractivity contribution is 5.89. The number of hydrogen-bond donors (Lipinski definition) is 1. The lowest BCUT2D eigenvalue weighted by atomic mass is 10.1. The quantitative estimate of drug-likeness (QED) is 0.183. The number of aldehydes is 2. The van der Waals surface area contributed by atoms with Crippen molar-refractivity contribution >= 4 is 24.5 Å². The van der Waals surface area contributed by atoms with E-state index in [0.29, 0.717) is 57.1 Å². The third-order valence-corrected chi connectivity index (χ3v) is 5.84. The highest BCUT2D eigenvalue weighted by atomic mass is 16.5. The van der Waals surface area contributed by atoms with Crippen LogP contribution in [0.3, 0.4) is 0 Å². The van der Waals surface area contributed by atoms with Crippen LogP contribution in [-0.4, -0.2) is 60.9 Å². The monoisotopic (exact) mass is 588 g/mol. The second-order valence-corrected chi connectivity index (χ2v) is 8.56. The van der Waals surface area contributed by atoms with Gasteiger partial charge in [-0.15, -0.1) is 0 Å². The minimum atomic E-state index is -1.08. The summed E-state index contributed by atoms with van der Waals surface area (Å²) in [6.45, 7) is 0.299. The summed E-state index contributed by atoms with van der Waals surface area (Å²) < 4.78 is 25.8. The van der Waals surface area contributed by atoms with Crippen LogP contribution in [0.5, 0.6) is 23.0 Å². The molecule has 0 aliphatic carbocycles. The van der Waals surface area contributed by atoms with Gasteiger partial charge in [-0.1, -0.05) is 12.1 Å². The van der Waals surface area contributed by atoms with E-state index in [0.717, 1.165) is 6.29 Å². The summed E-state index contributed by atoms with van der Waals surface area (Å²) in [6.07, 6.45) is 6.98. The number of carboxylic acids is 1. The van der Waals surface area contributed by atoms with Crippen LogP contribution in [0.4, 0.5) is 0 Å². The SMILES string of the molecule is COC(=O)c1cncc(OCc2ccc(OC)cc2C=O)c1.COc1ccc(COc2cncc(C(=O)O)c2)c(C=O)c1. The molecule has 0 aliphatic rings. The molecule has 4 rings (SSSR count). The Morgan fingerprint density at radius 3 is 1.56 bits per heavy atom. The van der Waals surface area contributed by atoms with Gasteiger partial charge in [0.2, 0.25) is 0 Å². The summed E-state index contributed by atoms with van der Waals surface area (Å²) in [5.41, 5.74) is 2.65. The minimum Gasteiger partial charge on any atom is -0.497 e. The molecule has 0 bridgehead atoms. The molecule has 0 atom stereocenters. The summed E-state index contributed by atoms with van der Waals surface area (Å²) in [7, 11) is 4.34. The third-order valence-electron chi connectivity index (χ3n) is 5.84. The molecule has 0 amide bonds. The second kappa shape index (κ2) is 15.9. The highest BCUT2D eigenvalue weighted by Crippen LogP contribution is 2.21. The van der Waals surface area contributed by atoms with Crippen molar-refractivity contribution in [3.8, 4) is 23.0 Å². The molecular weight excluding hydrogens is 560 g/mol. The van der Waals surface area contributed by atoms with Gasteiger partial charge in [-0.05, 0) is 36.4 Å². The zero-order valence-corrected chi connectivity index (χ0v) is 23.5. The lowest BCUT2D eigenvalue weighted by Crippen LogP contribution is -2.04. The van der Waals surface area contributed by atoms with Crippen molar-refractivity contribution in [2.24, 2.45) is 0 Å². The number of esters is 1. The molecular formula is C31H28N2O10. The van der Waals surface area contributed by atoms with Crippen LogP contribution in [0.25, 0.3) is 0 Å². The number of carbonyl (C=O) groups is 4. The molecule has 4 aromatic rings. The zero-order chi connectivity index (χ0) is 31.2. The van der Waals surface area contributed by atoms with Crippen LogP contribution in [0.15, 0.2) is 73.3 Å². The van der Waals surface area contributed by atoms with Crippen molar-refractivity contribution in [2.45, 2.75) is 13.2 Å². The van der Waals surface area contributed by atoms with E-state index in [1.807, 2.05) is 0 Å². The summed E-state index contributed by atoms with van der Waals surface area (Å²) in [6, 6.07) is 13.1. The number of ether oxygens (including phenoxy) is 5. The fourth-order valence-corrected chi connectivity index (χ4v) is 3.55. The molecule has 2 aromatic carbocycles. The fourth-order valence-electron chi connectivity index (χ4n) is 3.55. The summed E-state index contributed by atoms with van der Waals surface area (Å²) in [5, 5.41) is 8.88. The number of pyridine rings is 2. The van der Waals surface area contributed by atoms with E-state index in [4.69, 9.17) is 24.1 Å². The number of aromatic nitrogens is 2. The number of rotatable bonds is 12.